The maximum absolute atomic E-state index is 15.0. The Bertz CT molecular complexity index is 994. The maximum Gasteiger partial charge on any atom is 0.408 e. The van der Waals surface area contributed by atoms with Gasteiger partial charge in [0.25, 0.3) is 0 Å². The highest BCUT2D eigenvalue weighted by Crippen LogP contribution is 2.29. The molecule has 0 bridgehead atoms. The van der Waals surface area contributed by atoms with E-state index in [1.165, 1.54) is 12.4 Å². The summed E-state index contributed by atoms with van der Waals surface area (Å²) in [5.74, 6) is 0.441. The number of rotatable bonds is 5. The Hall–Kier alpha value is -2.75. The molecule has 3 aromatic heterocycles. The Morgan fingerprint density at radius 1 is 1.31 bits per heavy atom. The molecule has 0 aromatic carbocycles. The molecular weight excluding hydrogens is 388 g/mol. The molecule has 1 aliphatic heterocycles. The number of piperidine rings is 1. The summed E-state index contributed by atoms with van der Waals surface area (Å²) < 4.78 is 53.6. The number of hydrogen-bond acceptors (Lipinski definition) is 5. The topological polar surface area (TPSA) is 67.7 Å². The van der Waals surface area contributed by atoms with Gasteiger partial charge in [-0.15, -0.1) is 0 Å². The number of pyridine rings is 2. The van der Waals surface area contributed by atoms with E-state index < -0.39 is 18.4 Å². The first-order chi connectivity index (χ1) is 13.8. The average molecular weight is 408 g/mol. The van der Waals surface area contributed by atoms with E-state index in [2.05, 4.69) is 25.7 Å². The summed E-state index contributed by atoms with van der Waals surface area (Å²) in [4.78, 5) is 8.84. The van der Waals surface area contributed by atoms with Gasteiger partial charge < -0.3 is 10.6 Å². The van der Waals surface area contributed by atoms with Crippen LogP contribution < -0.4 is 10.6 Å². The third kappa shape index (κ3) is 4.64. The highest BCUT2D eigenvalue weighted by molar-refractivity contribution is 5.91. The molecule has 10 heteroatoms. The van der Waals surface area contributed by atoms with Crippen LogP contribution in [-0.4, -0.2) is 51.2 Å². The number of nitrogens with one attached hydrogen (secondary N) is 2. The van der Waals surface area contributed by atoms with E-state index in [0.29, 0.717) is 34.4 Å². The molecule has 1 fully saturated rings. The van der Waals surface area contributed by atoms with Crippen LogP contribution in [0.3, 0.4) is 0 Å². The van der Waals surface area contributed by atoms with Crippen molar-refractivity contribution in [1.29, 1.82) is 0 Å². The van der Waals surface area contributed by atoms with Gasteiger partial charge in [-0.05, 0) is 37.6 Å². The SMILES string of the molecule is FC(F)(F)Cn1cc(-c2cc3ncccc3c(NCC3(F)CCCNC3)n2)cn1. The molecule has 1 saturated heterocycles. The predicted octanol–water partition coefficient (Wildman–Crippen LogP) is 3.56. The van der Waals surface area contributed by atoms with Crippen molar-refractivity contribution in [3.8, 4) is 11.3 Å². The van der Waals surface area contributed by atoms with E-state index in [1.807, 2.05) is 6.07 Å². The van der Waals surface area contributed by atoms with Crippen LogP contribution in [0.15, 0.2) is 36.8 Å². The first-order valence-corrected chi connectivity index (χ1v) is 9.30. The zero-order valence-corrected chi connectivity index (χ0v) is 15.5. The second-order valence-corrected chi connectivity index (χ2v) is 7.25. The predicted molar refractivity (Wildman–Crippen MR) is 101 cm³/mol. The molecule has 4 rings (SSSR count). The number of halogens is 4. The fraction of sp³-hybridized carbons (Fsp3) is 0.421. The van der Waals surface area contributed by atoms with Crippen LogP contribution in [-0.2, 0) is 6.54 Å². The van der Waals surface area contributed by atoms with E-state index in [0.717, 1.165) is 17.6 Å². The van der Waals surface area contributed by atoms with Gasteiger partial charge in [-0.25, -0.2) is 9.37 Å². The fourth-order valence-corrected chi connectivity index (χ4v) is 3.45. The molecule has 0 spiro atoms. The van der Waals surface area contributed by atoms with E-state index >= 15 is 0 Å². The van der Waals surface area contributed by atoms with Gasteiger partial charge in [0.15, 0.2) is 0 Å². The molecule has 0 radical (unpaired) electrons. The van der Waals surface area contributed by atoms with Gasteiger partial charge >= 0.3 is 6.18 Å². The highest BCUT2D eigenvalue weighted by atomic mass is 19.4. The summed E-state index contributed by atoms with van der Waals surface area (Å²) >= 11 is 0. The zero-order valence-electron chi connectivity index (χ0n) is 15.5. The van der Waals surface area contributed by atoms with E-state index in [9.17, 15) is 17.6 Å². The first-order valence-electron chi connectivity index (χ1n) is 9.30. The normalized spacial score (nSPS) is 20.1. The summed E-state index contributed by atoms with van der Waals surface area (Å²) in [6, 6.07) is 5.25. The third-order valence-corrected chi connectivity index (χ3v) is 4.86. The zero-order chi connectivity index (χ0) is 20.5. The molecule has 0 aliphatic carbocycles. The van der Waals surface area contributed by atoms with Crippen LogP contribution in [0.25, 0.3) is 22.2 Å². The van der Waals surface area contributed by atoms with Crippen LogP contribution in [0.1, 0.15) is 12.8 Å². The van der Waals surface area contributed by atoms with E-state index in [-0.39, 0.29) is 13.1 Å². The Balaban J connectivity index is 1.64. The monoisotopic (exact) mass is 408 g/mol. The molecule has 2 N–H and O–H groups in total. The van der Waals surface area contributed by atoms with Gasteiger partial charge in [-0.1, -0.05) is 0 Å². The Morgan fingerprint density at radius 2 is 2.17 bits per heavy atom. The van der Waals surface area contributed by atoms with E-state index in [4.69, 9.17) is 0 Å². The van der Waals surface area contributed by atoms with Gasteiger partial charge in [-0.3, -0.25) is 9.67 Å². The van der Waals surface area contributed by atoms with Gasteiger partial charge in [0.2, 0.25) is 0 Å². The molecule has 0 saturated carbocycles. The van der Waals surface area contributed by atoms with Gasteiger partial charge in [-0.2, -0.15) is 18.3 Å². The Morgan fingerprint density at radius 3 is 2.93 bits per heavy atom. The van der Waals surface area contributed by atoms with Crippen LogP contribution in [0.5, 0.6) is 0 Å². The summed E-state index contributed by atoms with van der Waals surface area (Å²) in [6.07, 6.45) is 1.08. The van der Waals surface area contributed by atoms with Crippen molar-refractivity contribution < 1.29 is 17.6 Å². The first kappa shape index (κ1) is 19.6. The lowest BCUT2D eigenvalue weighted by atomic mass is 9.96. The number of nitrogens with zero attached hydrogens (tertiary/aromatic N) is 4. The van der Waals surface area contributed by atoms with Crippen molar-refractivity contribution >= 4 is 16.7 Å². The molecule has 0 amide bonds. The number of alkyl halides is 4. The molecule has 6 nitrogen and oxygen atoms in total. The van der Waals surface area contributed by atoms with Gasteiger partial charge in [0, 0.05) is 29.9 Å². The van der Waals surface area contributed by atoms with Crippen molar-refractivity contribution in [3.63, 3.8) is 0 Å². The number of fused-ring (bicyclic) bond motifs is 1. The standard InChI is InChI=1S/C19H20F4N6/c20-18(4-2-5-24-10-18)11-26-17-14-3-1-6-25-16(14)7-15(28-17)13-8-27-29(9-13)12-19(21,22)23/h1,3,6-9,24H,2,4-5,10-12H2,(H,26,28). The maximum atomic E-state index is 15.0. The van der Waals surface area contributed by atoms with Crippen LogP contribution in [0.2, 0.25) is 0 Å². The minimum absolute atomic E-state index is 0.0772. The summed E-state index contributed by atoms with van der Waals surface area (Å²) in [5, 5.41) is 10.6. The van der Waals surface area contributed by atoms with Crippen molar-refractivity contribution in [2.24, 2.45) is 0 Å². The minimum Gasteiger partial charge on any atom is -0.366 e. The number of hydrogen-bond donors (Lipinski definition) is 2. The Kier molecular flexibility index (Phi) is 5.12. The number of aromatic nitrogens is 4. The fourth-order valence-electron chi connectivity index (χ4n) is 3.45. The van der Waals surface area contributed by atoms with Crippen molar-refractivity contribution in [1.82, 2.24) is 25.1 Å². The van der Waals surface area contributed by atoms with Crippen molar-refractivity contribution in [2.75, 3.05) is 25.0 Å². The largest absolute Gasteiger partial charge is 0.408 e. The molecule has 1 unspecified atom stereocenters. The summed E-state index contributed by atoms with van der Waals surface area (Å²) in [7, 11) is 0. The van der Waals surface area contributed by atoms with Crippen LogP contribution in [0.4, 0.5) is 23.4 Å². The lowest BCUT2D eigenvalue weighted by molar-refractivity contribution is -0.142. The van der Waals surface area contributed by atoms with Crippen molar-refractivity contribution in [2.45, 2.75) is 31.2 Å². The second-order valence-electron chi connectivity index (χ2n) is 7.25. The molecule has 154 valence electrons. The minimum atomic E-state index is -4.36. The molecule has 3 aromatic rings. The third-order valence-electron chi connectivity index (χ3n) is 4.86. The quantitative estimate of drug-likeness (QED) is 0.632. The van der Waals surface area contributed by atoms with Crippen molar-refractivity contribution in [3.05, 3.63) is 36.8 Å². The van der Waals surface area contributed by atoms with Crippen LogP contribution >= 0.6 is 0 Å². The van der Waals surface area contributed by atoms with E-state index in [1.54, 1.807) is 18.3 Å². The molecule has 1 atom stereocenters. The molecule has 1 aliphatic rings. The average Bonchev–Trinajstić information content (AvgIpc) is 3.13. The smallest absolute Gasteiger partial charge is 0.366 e. The lowest BCUT2D eigenvalue weighted by Gasteiger charge is -2.30. The molecule has 29 heavy (non-hydrogen) atoms. The van der Waals surface area contributed by atoms with Gasteiger partial charge in [0.1, 0.15) is 18.0 Å². The second kappa shape index (κ2) is 7.58. The lowest BCUT2D eigenvalue weighted by Crippen LogP contribution is -2.46. The Labute approximate surface area is 164 Å². The molecule has 4 heterocycles. The molecular formula is C19H20F4N6. The van der Waals surface area contributed by atoms with Gasteiger partial charge in [0.05, 0.1) is 24.0 Å². The number of anilines is 1. The summed E-state index contributed by atoms with van der Waals surface area (Å²) in [5.41, 5.74) is 0.0707. The highest BCUT2D eigenvalue weighted by Gasteiger charge is 2.32. The van der Waals surface area contributed by atoms with Crippen LogP contribution in [0, 0.1) is 0 Å². The summed E-state index contributed by atoms with van der Waals surface area (Å²) in [6.45, 7) is -0.0383.